The van der Waals surface area contributed by atoms with Crippen molar-refractivity contribution < 1.29 is 8.78 Å². The Morgan fingerprint density at radius 1 is 0.636 bits per heavy atom. The Kier molecular flexibility index (Phi) is 5.45. The normalized spacial score (nSPS) is 50.7. The molecule has 2 heteroatoms. The molecular formula is C20H34F2. The zero-order valence-electron chi connectivity index (χ0n) is 14.4. The minimum Gasteiger partial charge on any atom is -0.247 e. The van der Waals surface area contributed by atoms with E-state index in [0.29, 0.717) is 42.4 Å². The van der Waals surface area contributed by atoms with E-state index in [4.69, 9.17) is 0 Å². The van der Waals surface area contributed by atoms with Crippen molar-refractivity contribution in [3.63, 3.8) is 0 Å². The summed E-state index contributed by atoms with van der Waals surface area (Å²) in [7, 11) is 0. The third-order valence-electron chi connectivity index (χ3n) is 7.31. The van der Waals surface area contributed by atoms with Crippen molar-refractivity contribution in [3.8, 4) is 0 Å². The van der Waals surface area contributed by atoms with Gasteiger partial charge in [-0.25, -0.2) is 8.78 Å². The van der Waals surface area contributed by atoms with Crippen LogP contribution in [-0.2, 0) is 0 Å². The standard InChI is InChI=1S/C20H34F2/c1-13-3-5-15(6-4-13)19-9-7-16(12-20(19)22)18-10-8-17(21)11-14(18)2/h13-20H,3-12H2,1-2H3. The van der Waals surface area contributed by atoms with Gasteiger partial charge in [-0.1, -0.05) is 26.7 Å². The fourth-order valence-corrected chi connectivity index (χ4v) is 5.86. The zero-order valence-corrected chi connectivity index (χ0v) is 14.4. The van der Waals surface area contributed by atoms with E-state index in [9.17, 15) is 8.78 Å². The van der Waals surface area contributed by atoms with Crippen molar-refractivity contribution in [2.24, 2.45) is 35.5 Å². The molecule has 3 saturated carbocycles. The minimum absolute atomic E-state index is 0.330. The maximum Gasteiger partial charge on any atom is 0.103 e. The van der Waals surface area contributed by atoms with Crippen LogP contribution in [0, 0.1) is 35.5 Å². The fraction of sp³-hybridized carbons (Fsp3) is 1.00. The summed E-state index contributed by atoms with van der Waals surface area (Å²) in [6, 6.07) is 0. The summed E-state index contributed by atoms with van der Waals surface area (Å²) < 4.78 is 28.4. The molecule has 22 heavy (non-hydrogen) atoms. The molecule has 3 aliphatic rings. The van der Waals surface area contributed by atoms with Crippen LogP contribution in [0.5, 0.6) is 0 Å². The number of rotatable bonds is 2. The summed E-state index contributed by atoms with van der Waals surface area (Å²) in [5, 5.41) is 0. The summed E-state index contributed by atoms with van der Waals surface area (Å²) in [5.41, 5.74) is 0. The molecule has 0 aromatic carbocycles. The molecule has 0 saturated heterocycles. The van der Waals surface area contributed by atoms with E-state index in [2.05, 4.69) is 13.8 Å². The average Bonchev–Trinajstić information content (AvgIpc) is 2.48. The highest BCUT2D eigenvalue weighted by Gasteiger charge is 2.41. The lowest BCUT2D eigenvalue weighted by atomic mass is 9.63. The topological polar surface area (TPSA) is 0 Å². The molecule has 3 aliphatic carbocycles. The van der Waals surface area contributed by atoms with Gasteiger partial charge in [-0.05, 0) is 86.9 Å². The van der Waals surface area contributed by atoms with E-state index in [0.717, 1.165) is 25.2 Å². The van der Waals surface area contributed by atoms with Crippen LogP contribution < -0.4 is 0 Å². The Hall–Kier alpha value is -0.140. The van der Waals surface area contributed by atoms with Crippen LogP contribution in [0.25, 0.3) is 0 Å². The van der Waals surface area contributed by atoms with Gasteiger partial charge in [-0.2, -0.15) is 0 Å². The Morgan fingerprint density at radius 3 is 1.91 bits per heavy atom. The molecule has 0 aliphatic heterocycles. The summed E-state index contributed by atoms with van der Waals surface area (Å²) >= 11 is 0. The first-order valence-electron chi connectivity index (χ1n) is 9.82. The van der Waals surface area contributed by atoms with Gasteiger partial charge in [0.05, 0.1) is 0 Å². The maximum atomic E-state index is 14.9. The van der Waals surface area contributed by atoms with Gasteiger partial charge in [0.2, 0.25) is 0 Å². The first-order valence-corrected chi connectivity index (χ1v) is 9.82. The number of hydrogen-bond acceptors (Lipinski definition) is 0. The molecule has 0 heterocycles. The lowest BCUT2D eigenvalue weighted by molar-refractivity contribution is 0.0167. The van der Waals surface area contributed by atoms with Gasteiger partial charge in [0.1, 0.15) is 12.3 Å². The summed E-state index contributed by atoms with van der Waals surface area (Å²) in [4.78, 5) is 0. The van der Waals surface area contributed by atoms with E-state index in [1.54, 1.807) is 0 Å². The lowest BCUT2D eigenvalue weighted by Gasteiger charge is -2.44. The highest BCUT2D eigenvalue weighted by atomic mass is 19.1. The van der Waals surface area contributed by atoms with Crippen molar-refractivity contribution in [2.45, 2.75) is 90.4 Å². The SMILES string of the molecule is CC1CCC(C2CCC(C3CCC(F)CC3C)CC2F)CC1. The monoisotopic (exact) mass is 312 g/mol. The van der Waals surface area contributed by atoms with Gasteiger partial charge in [-0.15, -0.1) is 0 Å². The third-order valence-corrected chi connectivity index (χ3v) is 7.31. The Balaban J connectivity index is 1.53. The molecule has 0 bridgehead atoms. The van der Waals surface area contributed by atoms with Crippen LogP contribution in [-0.4, -0.2) is 12.3 Å². The van der Waals surface area contributed by atoms with Crippen LogP contribution in [0.2, 0.25) is 0 Å². The molecule has 6 atom stereocenters. The smallest absolute Gasteiger partial charge is 0.103 e. The first kappa shape index (κ1) is 16.7. The second-order valence-corrected chi connectivity index (χ2v) is 8.82. The summed E-state index contributed by atoms with van der Waals surface area (Å²) in [6.45, 7) is 4.53. The highest BCUT2D eigenvalue weighted by Crippen LogP contribution is 2.47. The van der Waals surface area contributed by atoms with Gasteiger partial charge in [0.25, 0.3) is 0 Å². The highest BCUT2D eigenvalue weighted by molar-refractivity contribution is 4.91. The van der Waals surface area contributed by atoms with Crippen molar-refractivity contribution in [1.29, 1.82) is 0 Å². The Morgan fingerprint density at radius 2 is 1.27 bits per heavy atom. The second-order valence-electron chi connectivity index (χ2n) is 8.82. The molecule has 0 N–H and O–H groups in total. The quantitative estimate of drug-likeness (QED) is 0.558. The van der Waals surface area contributed by atoms with Crippen molar-refractivity contribution in [3.05, 3.63) is 0 Å². The van der Waals surface area contributed by atoms with Crippen LogP contribution in [0.15, 0.2) is 0 Å². The molecule has 0 nitrogen and oxygen atoms in total. The van der Waals surface area contributed by atoms with E-state index >= 15 is 0 Å². The molecule has 0 aromatic rings. The minimum atomic E-state index is -0.604. The van der Waals surface area contributed by atoms with E-state index in [1.807, 2.05) is 0 Å². The molecular weight excluding hydrogens is 278 g/mol. The second kappa shape index (κ2) is 7.18. The summed E-state index contributed by atoms with van der Waals surface area (Å²) in [5.74, 6) is 3.38. The molecule has 6 unspecified atom stereocenters. The van der Waals surface area contributed by atoms with E-state index in [-0.39, 0.29) is 0 Å². The number of halogens is 2. The van der Waals surface area contributed by atoms with Crippen LogP contribution in [0.4, 0.5) is 8.78 Å². The average molecular weight is 312 g/mol. The first-order chi connectivity index (χ1) is 10.5. The van der Waals surface area contributed by atoms with Crippen molar-refractivity contribution >= 4 is 0 Å². The van der Waals surface area contributed by atoms with Crippen LogP contribution in [0.1, 0.15) is 78.1 Å². The molecule has 0 radical (unpaired) electrons. The van der Waals surface area contributed by atoms with Gasteiger partial charge in [-0.3, -0.25) is 0 Å². The van der Waals surface area contributed by atoms with Gasteiger partial charge >= 0.3 is 0 Å². The molecule has 0 aromatic heterocycles. The Bertz CT molecular complexity index is 348. The third kappa shape index (κ3) is 3.67. The van der Waals surface area contributed by atoms with Crippen molar-refractivity contribution in [1.82, 2.24) is 0 Å². The molecule has 128 valence electrons. The van der Waals surface area contributed by atoms with Crippen LogP contribution in [0.3, 0.4) is 0 Å². The van der Waals surface area contributed by atoms with E-state index < -0.39 is 12.3 Å². The van der Waals surface area contributed by atoms with Gasteiger partial charge in [0, 0.05) is 0 Å². The van der Waals surface area contributed by atoms with Crippen molar-refractivity contribution in [2.75, 3.05) is 0 Å². The number of alkyl halides is 2. The van der Waals surface area contributed by atoms with Gasteiger partial charge < -0.3 is 0 Å². The fourth-order valence-electron chi connectivity index (χ4n) is 5.86. The predicted molar refractivity (Wildman–Crippen MR) is 88.3 cm³/mol. The molecule has 3 rings (SSSR count). The largest absolute Gasteiger partial charge is 0.247 e. The molecule has 0 spiro atoms. The van der Waals surface area contributed by atoms with E-state index in [1.165, 1.54) is 32.1 Å². The lowest BCUT2D eigenvalue weighted by Crippen LogP contribution is -2.38. The van der Waals surface area contributed by atoms with Crippen LogP contribution >= 0.6 is 0 Å². The maximum absolute atomic E-state index is 14.9. The molecule has 0 amide bonds. The zero-order chi connectivity index (χ0) is 15.7. The Labute approximate surface area is 135 Å². The van der Waals surface area contributed by atoms with Gasteiger partial charge in [0.15, 0.2) is 0 Å². The predicted octanol–water partition coefficient (Wildman–Crippen LogP) is 6.34. The number of hydrogen-bond donors (Lipinski definition) is 0. The molecule has 3 fully saturated rings. The summed E-state index contributed by atoms with van der Waals surface area (Å²) in [6.07, 6.45) is 9.38.